The highest BCUT2D eigenvalue weighted by molar-refractivity contribution is 5.90. The summed E-state index contributed by atoms with van der Waals surface area (Å²) in [5, 5.41) is 12.0. The van der Waals surface area contributed by atoms with Crippen LogP contribution in [0.15, 0.2) is 36.5 Å². The predicted molar refractivity (Wildman–Crippen MR) is 143 cm³/mol. The Kier molecular flexibility index (Phi) is 8.43. The second-order valence-corrected chi connectivity index (χ2v) is 9.75. The van der Waals surface area contributed by atoms with Crippen LogP contribution in [0.25, 0.3) is 10.9 Å². The van der Waals surface area contributed by atoms with Gasteiger partial charge in [0.2, 0.25) is 5.91 Å². The average molecular weight is 509 g/mol. The zero-order valence-corrected chi connectivity index (χ0v) is 22.3. The molecule has 8 nitrogen and oxygen atoms in total. The first kappa shape index (κ1) is 26.6. The summed E-state index contributed by atoms with van der Waals surface area (Å²) in [6.07, 6.45) is 5.06. The third kappa shape index (κ3) is 6.28. The van der Waals surface area contributed by atoms with Gasteiger partial charge < -0.3 is 10.2 Å². The highest BCUT2D eigenvalue weighted by atomic mass is 19.1. The summed E-state index contributed by atoms with van der Waals surface area (Å²) in [6.45, 7) is 8.64. The smallest absolute Gasteiger partial charge is 0.256 e. The van der Waals surface area contributed by atoms with Crippen molar-refractivity contribution in [1.29, 1.82) is 0 Å². The second kappa shape index (κ2) is 11.7. The maximum atomic E-state index is 13.7. The number of benzene rings is 2. The predicted octanol–water partition coefficient (Wildman–Crippen LogP) is 4.01. The number of hydrazine groups is 1. The molecule has 0 bridgehead atoms. The summed E-state index contributed by atoms with van der Waals surface area (Å²) in [4.78, 5) is 28.2. The van der Waals surface area contributed by atoms with Crippen LogP contribution in [0.5, 0.6) is 0 Å². The fourth-order valence-electron chi connectivity index (χ4n) is 4.76. The first-order valence-electron chi connectivity index (χ1n) is 13.1. The second-order valence-electron chi connectivity index (χ2n) is 9.75. The van der Waals surface area contributed by atoms with E-state index in [1.165, 1.54) is 12.1 Å². The van der Waals surface area contributed by atoms with Gasteiger partial charge >= 0.3 is 0 Å². The van der Waals surface area contributed by atoms with Crippen LogP contribution in [0, 0.1) is 12.7 Å². The summed E-state index contributed by atoms with van der Waals surface area (Å²) in [7, 11) is 1.73. The number of amides is 2. The lowest BCUT2D eigenvalue weighted by Crippen LogP contribution is -2.48. The molecule has 0 spiro atoms. The van der Waals surface area contributed by atoms with Crippen LogP contribution in [-0.4, -0.2) is 58.3 Å². The van der Waals surface area contributed by atoms with Crippen molar-refractivity contribution in [2.45, 2.75) is 59.7 Å². The lowest BCUT2D eigenvalue weighted by molar-refractivity contribution is -0.145. The van der Waals surface area contributed by atoms with Gasteiger partial charge in [0.05, 0.1) is 18.6 Å². The molecule has 0 saturated carbocycles. The number of halogens is 1. The number of hydrogen-bond donors (Lipinski definition) is 1. The number of likely N-dealkylation sites (N-methyl/N-ethyl adjacent to an activating group) is 1. The van der Waals surface area contributed by atoms with Crippen molar-refractivity contribution >= 4 is 28.4 Å². The van der Waals surface area contributed by atoms with Gasteiger partial charge in [0, 0.05) is 50.5 Å². The molecule has 37 heavy (non-hydrogen) atoms. The number of rotatable bonds is 11. The van der Waals surface area contributed by atoms with E-state index in [0.717, 1.165) is 59.1 Å². The van der Waals surface area contributed by atoms with E-state index in [1.807, 2.05) is 46.8 Å². The Hall–Kier alpha value is -3.46. The fourth-order valence-corrected chi connectivity index (χ4v) is 4.76. The minimum absolute atomic E-state index is 0.0361. The Balaban J connectivity index is 1.53. The number of anilines is 1. The molecule has 0 atom stereocenters. The molecule has 4 rings (SSSR count). The van der Waals surface area contributed by atoms with Crippen molar-refractivity contribution in [2.24, 2.45) is 0 Å². The zero-order chi connectivity index (χ0) is 26.5. The molecule has 0 aliphatic carbocycles. The quantitative estimate of drug-likeness (QED) is 0.396. The van der Waals surface area contributed by atoms with Crippen LogP contribution in [0.2, 0.25) is 0 Å². The van der Waals surface area contributed by atoms with Crippen molar-refractivity contribution in [3.8, 4) is 0 Å². The lowest BCUT2D eigenvalue weighted by Gasteiger charge is -2.32. The molecule has 0 radical (unpaired) electrons. The van der Waals surface area contributed by atoms with Gasteiger partial charge in [0.25, 0.3) is 5.91 Å². The van der Waals surface area contributed by atoms with Crippen LogP contribution in [0.4, 0.5) is 10.1 Å². The summed E-state index contributed by atoms with van der Waals surface area (Å²) >= 11 is 0. The van der Waals surface area contributed by atoms with Crippen molar-refractivity contribution < 1.29 is 14.0 Å². The molecule has 0 unspecified atom stereocenters. The normalized spacial score (nSPS) is 13.1. The molecule has 1 N–H and O–H groups in total. The van der Waals surface area contributed by atoms with Gasteiger partial charge in [-0.2, -0.15) is 5.10 Å². The number of carbonyl (C=O) groups is 2. The topological polar surface area (TPSA) is 73.7 Å². The molecule has 2 aromatic carbocycles. The van der Waals surface area contributed by atoms with E-state index >= 15 is 0 Å². The van der Waals surface area contributed by atoms with Crippen LogP contribution < -0.4 is 10.2 Å². The number of aromatic nitrogens is 2. The number of fused-ring (bicyclic) bond motifs is 2. The third-order valence-electron chi connectivity index (χ3n) is 6.96. The van der Waals surface area contributed by atoms with Gasteiger partial charge in [-0.05, 0) is 61.2 Å². The Labute approximate surface area is 218 Å². The maximum absolute atomic E-state index is 13.7. The van der Waals surface area contributed by atoms with Crippen LogP contribution >= 0.6 is 0 Å². The molecule has 1 aromatic heterocycles. The molecular weight excluding hydrogens is 471 g/mol. The molecule has 1 aliphatic rings. The highest BCUT2D eigenvalue weighted by Crippen LogP contribution is 2.28. The standard InChI is InChI=1S/C28H37FN6O2/c1-5-7-8-11-30-27(36)18-33(26-14-23-15-34(6-2)31-25(23)12-20(26)3)19-28(37)32(4)35-16-21-9-10-24(29)13-22(21)17-35/h9-10,12-15H,5-8,11,16-19H2,1-4H3,(H,30,36). The monoisotopic (exact) mass is 508 g/mol. The minimum atomic E-state index is -0.275. The van der Waals surface area contributed by atoms with Crippen molar-refractivity contribution in [2.75, 3.05) is 31.6 Å². The van der Waals surface area contributed by atoms with Crippen molar-refractivity contribution in [3.63, 3.8) is 0 Å². The van der Waals surface area contributed by atoms with Crippen LogP contribution in [0.1, 0.15) is 49.8 Å². The number of hydrogen-bond acceptors (Lipinski definition) is 5. The molecule has 198 valence electrons. The molecule has 3 aromatic rings. The summed E-state index contributed by atoms with van der Waals surface area (Å²) in [5.74, 6) is -0.530. The van der Waals surface area contributed by atoms with Gasteiger partial charge in [-0.3, -0.25) is 19.3 Å². The molecule has 0 fully saturated rings. The van der Waals surface area contributed by atoms with Gasteiger partial charge in [-0.1, -0.05) is 25.8 Å². The zero-order valence-electron chi connectivity index (χ0n) is 22.3. The van der Waals surface area contributed by atoms with E-state index in [4.69, 9.17) is 0 Å². The number of unbranched alkanes of at least 4 members (excludes halogenated alkanes) is 2. The van der Waals surface area contributed by atoms with Gasteiger partial charge in [-0.15, -0.1) is 0 Å². The summed E-state index contributed by atoms with van der Waals surface area (Å²) in [6, 6.07) is 8.76. The maximum Gasteiger partial charge on any atom is 0.256 e. The number of carbonyl (C=O) groups excluding carboxylic acids is 2. The van der Waals surface area contributed by atoms with Crippen LogP contribution in [0.3, 0.4) is 0 Å². The molecule has 9 heteroatoms. The molecule has 2 heterocycles. The molecule has 0 saturated heterocycles. The first-order valence-corrected chi connectivity index (χ1v) is 13.1. The lowest BCUT2D eigenvalue weighted by atomic mass is 10.1. The van der Waals surface area contributed by atoms with E-state index in [0.29, 0.717) is 19.6 Å². The number of nitrogens with one attached hydrogen (secondary N) is 1. The average Bonchev–Trinajstić information content (AvgIpc) is 3.48. The number of nitrogens with zero attached hydrogens (tertiary/aromatic N) is 5. The van der Waals surface area contributed by atoms with Gasteiger partial charge in [0.15, 0.2) is 0 Å². The summed E-state index contributed by atoms with van der Waals surface area (Å²) in [5.41, 5.74) is 4.57. The minimum Gasteiger partial charge on any atom is -0.355 e. The van der Waals surface area contributed by atoms with E-state index in [9.17, 15) is 14.0 Å². The third-order valence-corrected chi connectivity index (χ3v) is 6.96. The van der Waals surface area contributed by atoms with Crippen molar-refractivity contribution in [3.05, 3.63) is 59.0 Å². The summed E-state index contributed by atoms with van der Waals surface area (Å²) < 4.78 is 15.6. The van der Waals surface area contributed by atoms with E-state index < -0.39 is 0 Å². The highest BCUT2D eigenvalue weighted by Gasteiger charge is 2.27. The van der Waals surface area contributed by atoms with Crippen molar-refractivity contribution in [1.82, 2.24) is 25.1 Å². The Morgan fingerprint density at radius 3 is 2.62 bits per heavy atom. The van der Waals surface area contributed by atoms with Crippen LogP contribution in [-0.2, 0) is 29.2 Å². The first-order chi connectivity index (χ1) is 17.8. The molecular formula is C28H37FN6O2. The molecule has 2 amide bonds. The van der Waals surface area contributed by atoms with E-state index in [1.54, 1.807) is 18.1 Å². The Morgan fingerprint density at radius 2 is 1.86 bits per heavy atom. The van der Waals surface area contributed by atoms with E-state index in [-0.39, 0.29) is 30.7 Å². The van der Waals surface area contributed by atoms with Gasteiger partial charge in [0.1, 0.15) is 5.82 Å². The number of aryl methyl sites for hydroxylation is 2. The Bertz CT molecular complexity index is 1270. The van der Waals surface area contributed by atoms with E-state index in [2.05, 4.69) is 17.3 Å². The Morgan fingerprint density at radius 1 is 1.08 bits per heavy atom. The SMILES string of the molecule is CCCCCNC(=O)CN(CC(=O)N(C)N1Cc2ccc(F)cc2C1)c1cc2cn(CC)nc2cc1C. The largest absolute Gasteiger partial charge is 0.355 e. The molecule has 1 aliphatic heterocycles. The fraction of sp³-hybridized carbons (Fsp3) is 0.464. The van der Waals surface area contributed by atoms with Gasteiger partial charge in [-0.25, -0.2) is 9.40 Å².